The third kappa shape index (κ3) is 19.5. The van der Waals surface area contributed by atoms with Gasteiger partial charge in [-0.05, 0) is 30.6 Å². The quantitative estimate of drug-likeness (QED) is 0.0581. The molecule has 218 valence electrons. The lowest BCUT2D eigenvalue weighted by Gasteiger charge is -2.15. The van der Waals surface area contributed by atoms with Crippen molar-refractivity contribution in [2.45, 2.75) is 32.9 Å². The Hall–Kier alpha value is -3.19. The molecule has 0 heterocycles. The van der Waals surface area contributed by atoms with Crippen LogP contribution in [-0.2, 0) is 28.5 Å². The summed E-state index contributed by atoms with van der Waals surface area (Å²) in [5.41, 5.74) is 9.36. The molecular formula is C26H42N6O7. The summed E-state index contributed by atoms with van der Waals surface area (Å²) in [5.74, 6) is 0.0399. The van der Waals surface area contributed by atoms with E-state index in [0.717, 1.165) is 19.5 Å². The Morgan fingerprint density at radius 2 is 1.82 bits per heavy atom. The number of nitrogens with zero attached hydrogens (tertiary/aromatic N) is 3. The van der Waals surface area contributed by atoms with Gasteiger partial charge in [0.15, 0.2) is 6.23 Å². The second kappa shape index (κ2) is 23.9. The summed E-state index contributed by atoms with van der Waals surface area (Å²) in [5, 5.41) is 12.2. The maximum atomic E-state index is 12.2. The van der Waals surface area contributed by atoms with Crippen LogP contribution in [0.1, 0.15) is 26.7 Å². The highest BCUT2D eigenvalue weighted by molar-refractivity contribution is 5.90. The van der Waals surface area contributed by atoms with Gasteiger partial charge in [0, 0.05) is 29.8 Å². The summed E-state index contributed by atoms with van der Waals surface area (Å²) < 4.78 is 27.2. The van der Waals surface area contributed by atoms with E-state index in [1.54, 1.807) is 24.3 Å². The molecule has 0 bridgehead atoms. The monoisotopic (exact) mass is 550 g/mol. The fourth-order valence-corrected chi connectivity index (χ4v) is 2.92. The van der Waals surface area contributed by atoms with Gasteiger partial charge in [0.25, 0.3) is 0 Å². The Labute approximate surface area is 230 Å². The molecule has 3 N–H and O–H groups in total. The average molecular weight is 551 g/mol. The molecule has 39 heavy (non-hydrogen) atoms. The van der Waals surface area contributed by atoms with Gasteiger partial charge in [0.05, 0.1) is 46.1 Å². The molecule has 0 fully saturated rings. The largest absolute Gasteiger partial charge is 0.491 e. The predicted octanol–water partition coefficient (Wildman–Crippen LogP) is 2.79. The second-order valence-corrected chi connectivity index (χ2v) is 7.98. The highest BCUT2D eigenvalue weighted by atomic mass is 16.6. The van der Waals surface area contributed by atoms with E-state index >= 15 is 0 Å². The number of amides is 2. The lowest BCUT2D eigenvalue weighted by Crippen LogP contribution is -2.28. The average Bonchev–Trinajstić information content (AvgIpc) is 2.93. The van der Waals surface area contributed by atoms with Gasteiger partial charge in [-0.15, -0.1) is 0 Å². The first-order valence-corrected chi connectivity index (χ1v) is 13.1. The van der Waals surface area contributed by atoms with E-state index in [9.17, 15) is 9.59 Å². The smallest absolute Gasteiger partial charge is 0.246 e. The minimum Gasteiger partial charge on any atom is -0.491 e. The molecule has 1 rings (SSSR count). The molecule has 13 heteroatoms. The molecule has 1 aromatic rings. The Kier molecular flexibility index (Phi) is 20.7. The minimum absolute atomic E-state index is 0.0455. The zero-order valence-electron chi connectivity index (χ0n) is 22.9. The number of allylic oxidation sites excluding steroid dienone is 1. The number of carbonyl (C=O) groups excluding carboxylic acids is 2. The van der Waals surface area contributed by atoms with Gasteiger partial charge in [-0.2, -0.15) is 0 Å². The predicted molar refractivity (Wildman–Crippen MR) is 148 cm³/mol. The van der Waals surface area contributed by atoms with Crippen LogP contribution in [0.15, 0.2) is 41.5 Å². The van der Waals surface area contributed by atoms with Crippen LogP contribution in [0.5, 0.6) is 5.75 Å². The van der Waals surface area contributed by atoms with Crippen molar-refractivity contribution in [3.63, 3.8) is 0 Å². The van der Waals surface area contributed by atoms with Crippen molar-refractivity contribution in [3.8, 4) is 5.75 Å². The van der Waals surface area contributed by atoms with Crippen LogP contribution in [0.4, 0.5) is 5.69 Å². The Morgan fingerprint density at radius 3 is 2.59 bits per heavy atom. The Bertz CT molecular complexity index is 880. The zero-order chi connectivity index (χ0) is 28.4. The van der Waals surface area contributed by atoms with Crippen LogP contribution in [0.2, 0.25) is 0 Å². The summed E-state index contributed by atoms with van der Waals surface area (Å²) >= 11 is 0. The van der Waals surface area contributed by atoms with Crippen molar-refractivity contribution >= 4 is 17.5 Å². The number of anilines is 1. The Balaban J connectivity index is 2.26. The third-order valence-electron chi connectivity index (χ3n) is 4.80. The molecule has 0 aromatic heterocycles. The summed E-state index contributed by atoms with van der Waals surface area (Å²) in [6.45, 7) is 8.14. The van der Waals surface area contributed by atoms with Crippen molar-refractivity contribution in [3.05, 3.63) is 46.9 Å². The van der Waals surface area contributed by atoms with Crippen LogP contribution < -0.4 is 20.7 Å². The van der Waals surface area contributed by atoms with E-state index in [1.165, 1.54) is 0 Å². The summed E-state index contributed by atoms with van der Waals surface area (Å²) in [7, 11) is 0. The molecular weight excluding hydrogens is 508 g/mol. The topological polar surface area (TPSA) is 165 Å². The molecule has 0 saturated carbocycles. The number of hydrogen-bond acceptors (Lipinski definition) is 9. The molecule has 0 radical (unpaired) electrons. The van der Waals surface area contributed by atoms with E-state index in [2.05, 4.69) is 26.0 Å². The molecule has 1 unspecified atom stereocenters. The van der Waals surface area contributed by atoms with Gasteiger partial charge in [-0.3, -0.25) is 9.59 Å². The van der Waals surface area contributed by atoms with E-state index in [0.29, 0.717) is 37.8 Å². The van der Waals surface area contributed by atoms with Crippen molar-refractivity contribution in [2.75, 3.05) is 77.8 Å². The fraction of sp³-hybridized carbons (Fsp3) is 0.615. The number of carbonyl (C=O) groups is 2. The van der Waals surface area contributed by atoms with Crippen LogP contribution in [0.3, 0.4) is 0 Å². The maximum Gasteiger partial charge on any atom is 0.246 e. The summed E-state index contributed by atoms with van der Waals surface area (Å²) in [6, 6.07) is 6.83. The molecule has 13 nitrogen and oxygen atoms in total. The number of rotatable bonds is 24. The number of ether oxygens (including phenoxy) is 5. The number of nitrogens with one attached hydrogen (secondary N) is 3. The first-order valence-electron chi connectivity index (χ1n) is 13.1. The third-order valence-corrected chi connectivity index (χ3v) is 4.80. The van der Waals surface area contributed by atoms with E-state index < -0.39 is 6.23 Å². The number of hydrogen-bond donors (Lipinski definition) is 3. The highest BCUT2D eigenvalue weighted by Crippen LogP contribution is 2.18. The standard InChI is InChI=1S/C26H42N6O7/c1-3-5-6-11-29-25(34)20-37-17-18-38-26(31-32-27)21-39-23-9-7-8-22(19-23)30-24(33)10-13-35-15-16-36-14-12-28-4-2/h5-9,19,26,28H,3-4,10-18,20-21H2,1-2H3,(H,29,34)(H,30,33)/b6-5+. The van der Waals surface area contributed by atoms with E-state index in [-0.39, 0.29) is 51.3 Å². The number of likely N-dealkylation sites (N-methyl/N-ethyl adjacent to an activating group) is 1. The van der Waals surface area contributed by atoms with E-state index in [4.69, 9.17) is 29.2 Å². The number of benzene rings is 1. The second-order valence-electron chi connectivity index (χ2n) is 7.98. The molecule has 1 aromatic carbocycles. The maximum absolute atomic E-state index is 12.2. The molecule has 0 spiro atoms. The van der Waals surface area contributed by atoms with Crippen molar-refractivity contribution in [2.24, 2.45) is 5.11 Å². The summed E-state index contributed by atoms with van der Waals surface area (Å²) in [6.07, 6.45) is 4.05. The summed E-state index contributed by atoms with van der Waals surface area (Å²) in [4.78, 5) is 26.6. The molecule has 0 saturated heterocycles. The molecule has 0 aliphatic rings. The van der Waals surface area contributed by atoms with Crippen LogP contribution in [-0.4, -0.2) is 90.5 Å². The zero-order valence-corrected chi connectivity index (χ0v) is 22.9. The number of azide groups is 1. The minimum atomic E-state index is -0.895. The van der Waals surface area contributed by atoms with Crippen LogP contribution in [0.25, 0.3) is 10.4 Å². The fourth-order valence-electron chi connectivity index (χ4n) is 2.92. The van der Waals surface area contributed by atoms with Crippen molar-refractivity contribution < 1.29 is 33.3 Å². The highest BCUT2D eigenvalue weighted by Gasteiger charge is 2.10. The van der Waals surface area contributed by atoms with Crippen molar-refractivity contribution in [1.29, 1.82) is 0 Å². The lowest BCUT2D eigenvalue weighted by atomic mass is 10.3. The van der Waals surface area contributed by atoms with Gasteiger partial charge in [0.1, 0.15) is 19.0 Å². The molecule has 2 amide bonds. The molecule has 0 aliphatic heterocycles. The van der Waals surface area contributed by atoms with Gasteiger partial charge in [0.2, 0.25) is 11.8 Å². The normalized spacial score (nSPS) is 11.6. The SMILES string of the molecule is CC/C=C/CNC(=O)COCCOC(COc1cccc(NC(=O)CCOCCOCCNCC)c1)N=[N+]=[N-]. The first kappa shape index (κ1) is 33.8. The van der Waals surface area contributed by atoms with Gasteiger partial charge >= 0.3 is 0 Å². The molecule has 1 atom stereocenters. The van der Waals surface area contributed by atoms with Crippen LogP contribution >= 0.6 is 0 Å². The Morgan fingerprint density at radius 1 is 1.03 bits per heavy atom. The first-order chi connectivity index (χ1) is 19.1. The van der Waals surface area contributed by atoms with Gasteiger partial charge < -0.3 is 39.6 Å². The van der Waals surface area contributed by atoms with Crippen LogP contribution in [0, 0.1) is 0 Å². The van der Waals surface area contributed by atoms with Gasteiger partial charge in [-0.25, -0.2) is 0 Å². The van der Waals surface area contributed by atoms with E-state index in [1.807, 2.05) is 26.0 Å². The lowest BCUT2D eigenvalue weighted by molar-refractivity contribution is -0.126. The molecule has 0 aliphatic carbocycles. The van der Waals surface area contributed by atoms with Crippen molar-refractivity contribution in [1.82, 2.24) is 10.6 Å². The van der Waals surface area contributed by atoms with Gasteiger partial charge in [-0.1, -0.05) is 37.2 Å².